The molecule has 20 heavy (non-hydrogen) atoms. The Kier molecular flexibility index (Phi) is 5.23. The normalized spacial score (nSPS) is 10.3. The standard InChI is InChI=1S/C13H13Cl2N3OS/c1-16-13-18-9(7-20-13)4-5-17-12(19)10-3-2-8(14)6-11(10)15/h2-3,6-7H,4-5H2,1H3,(H,16,18)(H,17,19). The maximum Gasteiger partial charge on any atom is 0.252 e. The molecule has 1 heterocycles. The van der Waals surface area contributed by atoms with Crippen molar-refractivity contribution >= 4 is 45.6 Å². The number of aromatic nitrogens is 1. The van der Waals surface area contributed by atoms with Gasteiger partial charge < -0.3 is 10.6 Å². The van der Waals surface area contributed by atoms with Crippen LogP contribution in [-0.2, 0) is 6.42 Å². The van der Waals surface area contributed by atoms with Crippen LogP contribution in [0.25, 0.3) is 0 Å². The summed E-state index contributed by atoms with van der Waals surface area (Å²) in [7, 11) is 1.83. The topological polar surface area (TPSA) is 54.0 Å². The molecule has 0 bridgehead atoms. The van der Waals surface area contributed by atoms with Crippen molar-refractivity contribution in [2.75, 3.05) is 18.9 Å². The van der Waals surface area contributed by atoms with Crippen molar-refractivity contribution in [3.63, 3.8) is 0 Å². The van der Waals surface area contributed by atoms with Gasteiger partial charge in [-0.25, -0.2) is 4.98 Å². The van der Waals surface area contributed by atoms with E-state index in [1.165, 1.54) is 11.3 Å². The minimum atomic E-state index is -0.212. The SMILES string of the molecule is CNc1nc(CCNC(=O)c2ccc(Cl)cc2Cl)cs1. The fourth-order valence-electron chi connectivity index (χ4n) is 1.61. The molecular weight excluding hydrogens is 317 g/mol. The maximum atomic E-state index is 12.0. The third-order valence-corrected chi connectivity index (χ3v) is 4.06. The zero-order valence-electron chi connectivity index (χ0n) is 10.7. The number of carbonyl (C=O) groups excluding carboxylic acids is 1. The van der Waals surface area contributed by atoms with E-state index < -0.39 is 0 Å². The van der Waals surface area contributed by atoms with E-state index >= 15 is 0 Å². The van der Waals surface area contributed by atoms with E-state index in [1.807, 2.05) is 12.4 Å². The van der Waals surface area contributed by atoms with Gasteiger partial charge in [-0.1, -0.05) is 23.2 Å². The first-order chi connectivity index (χ1) is 9.60. The van der Waals surface area contributed by atoms with E-state index in [0.717, 1.165) is 10.8 Å². The van der Waals surface area contributed by atoms with Crippen LogP contribution in [0.4, 0.5) is 5.13 Å². The number of hydrogen-bond acceptors (Lipinski definition) is 4. The number of nitrogens with zero attached hydrogens (tertiary/aromatic N) is 1. The van der Waals surface area contributed by atoms with Gasteiger partial charge in [0.05, 0.1) is 16.3 Å². The lowest BCUT2D eigenvalue weighted by Crippen LogP contribution is -2.26. The number of thiazole rings is 1. The van der Waals surface area contributed by atoms with Crippen LogP contribution >= 0.6 is 34.5 Å². The fraction of sp³-hybridized carbons (Fsp3) is 0.231. The number of nitrogens with one attached hydrogen (secondary N) is 2. The molecule has 106 valence electrons. The smallest absolute Gasteiger partial charge is 0.252 e. The summed E-state index contributed by atoms with van der Waals surface area (Å²) in [6, 6.07) is 4.81. The van der Waals surface area contributed by atoms with Crippen LogP contribution in [0.15, 0.2) is 23.6 Å². The molecule has 0 aliphatic heterocycles. The highest BCUT2D eigenvalue weighted by molar-refractivity contribution is 7.13. The van der Waals surface area contributed by atoms with Crippen molar-refractivity contribution < 1.29 is 4.79 Å². The highest BCUT2D eigenvalue weighted by Crippen LogP contribution is 2.20. The first kappa shape index (κ1) is 15.1. The number of halogens is 2. The van der Waals surface area contributed by atoms with Crippen molar-refractivity contribution in [2.45, 2.75) is 6.42 Å². The van der Waals surface area contributed by atoms with Gasteiger partial charge in [-0.3, -0.25) is 4.79 Å². The van der Waals surface area contributed by atoms with E-state index in [9.17, 15) is 4.79 Å². The number of rotatable bonds is 5. The van der Waals surface area contributed by atoms with Crippen LogP contribution in [-0.4, -0.2) is 24.5 Å². The van der Waals surface area contributed by atoms with Crippen molar-refractivity contribution in [2.24, 2.45) is 0 Å². The molecule has 4 nitrogen and oxygen atoms in total. The third-order valence-electron chi connectivity index (χ3n) is 2.61. The van der Waals surface area contributed by atoms with Crippen molar-refractivity contribution in [3.05, 3.63) is 44.9 Å². The van der Waals surface area contributed by atoms with Crippen LogP contribution in [0, 0.1) is 0 Å². The molecule has 0 saturated heterocycles. The van der Waals surface area contributed by atoms with Gasteiger partial charge in [-0.15, -0.1) is 11.3 Å². The Morgan fingerprint density at radius 2 is 2.20 bits per heavy atom. The van der Waals surface area contributed by atoms with Crippen LogP contribution in [0.1, 0.15) is 16.1 Å². The Balaban J connectivity index is 1.88. The summed E-state index contributed by atoms with van der Waals surface area (Å²) in [5.41, 5.74) is 1.37. The second kappa shape index (κ2) is 6.92. The lowest BCUT2D eigenvalue weighted by atomic mass is 10.2. The lowest BCUT2D eigenvalue weighted by Gasteiger charge is -2.06. The summed E-state index contributed by atoms with van der Waals surface area (Å²) in [5.74, 6) is -0.212. The molecule has 0 radical (unpaired) electrons. The molecule has 2 aromatic rings. The lowest BCUT2D eigenvalue weighted by molar-refractivity contribution is 0.0954. The average molecular weight is 330 g/mol. The Morgan fingerprint density at radius 1 is 1.40 bits per heavy atom. The minimum Gasteiger partial charge on any atom is -0.365 e. The van der Waals surface area contributed by atoms with Crippen molar-refractivity contribution in [1.29, 1.82) is 0 Å². The van der Waals surface area contributed by atoms with Crippen molar-refractivity contribution in [3.8, 4) is 0 Å². The van der Waals surface area contributed by atoms with Crippen LogP contribution in [0.5, 0.6) is 0 Å². The van der Waals surface area contributed by atoms with E-state index in [0.29, 0.717) is 28.6 Å². The van der Waals surface area contributed by atoms with E-state index in [-0.39, 0.29) is 5.91 Å². The quantitative estimate of drug-likeness (QED) is 0.883. The second-order valence-electron chi connectivity index (χ2n) is 4.02. The molecular formula is C13H13Cl2N3OS. The van der Waals surface area contributed by atoms with Gasteiger partial charge in [0.15, 0.2) is 5.13 Å². The third kappa shape index (κ3) is 3.85. The first-order valence-electron chi connectivity index (χ1n) is 5.95. The maximum absolute atomic E-state index is 12.0. The van der Waals surface area contributed by atoms with Crippen LogP contribution in [0.3, 0.4) is 0 Å². The molecule has 0 aliphatic carbocycles. The van der Waals surface area contributed by atoms with E-state index in [4.69, 9.17) is 23.2 Å². The molecule has 0 spiro atoms. The van der Waals surface area contributed by atoms with Gasteiger partial charge in [0.25, 0.3) is 5.91 Å². The van der Waals surface area contributed by atoms with Gasteiger partial charge in [-0.05, 0) is 18.2 Å². The van der Waals surface area contributed by atoms with Crippen LogP contribution in [0.2, 0.25) is 10.0 Å². The first-order valence-corrected chi connectivity index (χ1v) is 7.59. The summed E-state index contributed by atoms with van der Waals surface area (Å²) < 4.78 is 0. The molecule has 0 atom stereocenters. The number of anilines is 1. The summed E-state index contributed by atoms with van der Waals surface area (Å²) in [6.45, 7) is 0.505. The van der Waals surface area contributed by atoms with Crippen LogP contribution < -0.4 is 10.6 Å². The van der Waals surface area contributed by atoms with E-state index in [2.05, 4.69) is 15.6 Å². The minimum absolute atomic E-state index is 0.212. The molecule has 2 rings (SSSR count). The van der Waals surface area contributed by atoms with Gasteiger partial charge in [0, 0.05) is 30.4 Å². The highest BCUT2D eigenvalue weighted by Gasteiger charge is 2.10. The highest BCUT2D eigenvalue weighted by atomic mass is 35.5. The predicted molar refractivity (Wildman–Crippen MR) is 84.2 cm³/mol. The van der Waals surface area contributed by atoms with Gasteiger partial charge in [-0.2, -0.15) is 0 Å². The Bertz CT molecular complexity index is 615. The number of hydrogen-bond donors (Lipinski definition) is 2. The fourth-order valence-corrected chi connectivity index (χ4v) is 2.81. The van der Waals surface area contributed by atoms with Gasteiger partial charge in [0.1, 0.15) is 0 Å². The molecule has 7 heteroatoms. The molecule has 1 aromatic heterocycles. The molecule has 0 saturated carbocycles. The summed E-state index contributed by atoms with van der Waals surface area (Å²) in [5, 5.41) is 9.48. The predicted octanol–water partition coefficient (Wildman–Crippen LogP) is 3.46. The summed E-state index contributed by atoms with van der Waals surface area (Å²) >= 11 is 13.3. The van der Waals surface area contributed by atoms with Crippen molar-refractivity contribution in [1.82, 2.24) is 10.3 Å². The zero-order chi connectivity index (χ0) is 14.5. The number of benzene rings is 1. The number of amides is 1. The van der Waals surface area contributed by atoms with E-state index in [1.54, 1.807) is 18.2 Å². The van der Waals surface area contributed by atoms with Gasteiger partial charge >= 0.3 is 0 Å². The molecule has 0 aliphatic rings. The summed E-state index contributed by atoms with van der Waals surface area (Å²) in [6.07, 6.45) is 0.676. The molecule has 2 N–H and O–H groups in total. The monoisotopic (exact) mass is 329 g/mol. The Morgan fingerprint density at radius 3 is 2.85 bits per heavy atom. The molecule has 1 aromatic carbocycles. The van der Waals surface area contributed by atoms with Gasteiger partial charge in [0.2, 0.25) is 0 Å². The molecule has 1 amide bonds. The Hall–Kier alpha value is -1.30. The largest absolute Gasteiger partial charge is 0.365 e. The summed E-state index contributed by atoms with van der Waals surface area (Å²) in [4.78, 5) is 16.3. The molecule has 0 fully saturated rings. The molecule has 0 unspecified atom stereocenters. The number of carbonyl (C=O) groups is 1. The average Bonchev–Trinajstić information content (AvgIpc) is 2.86. The Labute approximate surface area is 131 Å². The second-order valence-corrected chi connectivity index (χ2v) is 5.73. The zero-order valence-corrected chi connectivity index (χ0v) is 13.1.